The molecule has 0 amide bonds. The predicted molar refractivity (Wildman–Crippen MR) is 79.1 cm³/mol. The van der Waals surface area contributed by atoms with Gasteiger partial charge in [0.25, 0.3) is 0 Å². The number of carbonyl (C=O) groups is 2. The van der Waals surface area contributed by atoms with E-state index in [2.05, 4.69) is 22.0 Å². The minimum absolute atomic E-state index is 0.0862. The molecule has 2 aliphatic rings. The molecular weight excluding hydrogens is 320 g/mol. The molecule has 1 aromatic carbocycles. The van der Waals surface area contributed by atoms with Crippen molar-refractivity contribution in [3.05, 3.63) is 39.9 Å². The number of carbonyl (C=O) groups excluding carboxylic acids is 2. The second-order valence-corrected chi connectivity index (χ2v) is 6.23. The molecule has 1 atom stereocenters. The van der Waals surface area contributed by atoms with Crippen LogP contribution in [0.2, 0.25) is 0 Å². The largest absolute Gasteiger partial charge is 0.468 e. The van der Waals surface area contributed by atoms with Crippen molar-refractivity contribution in [1.82, 2.24) is 0 Å². The Morgan fingerprint density at radius 2 is 2.05 bits per heavy atom. The minimum atomic E-state index is -0.653. The van der Waals surface area contributed by atoms with E-state index in [9.17, 15) is 9.59 Å². The number of halogens is 1. The maximum Gasteiger partial charge on any atom is 0.316 e. The normalized spacial score (nSPS) is 24.5. The Labute approximate surface area is 126 Å². The van der Waals surface area contributed by atoms with Gasteiger partial charge in [-0.15, -0.1) is 0 Å². The Hall–Kier alpha value is -1.42. The number of hydrogen-bond donors (Lipinski definition) is 0. The lowest BCUT2D eigenvalue weighted by Crippen LogP contribution is -2.40. The molecule has 0 N–H and O–H groups in total. The SMILES string of the molecule is COC(=O)C12CCC(=O)C=C1c1c(Br)cccc1CC2. The number of ether oxygens (including phenoxy) is 1. The van der Waals surface area contributed by atoms with E-state index in [-0.39, 0.29) is 11.8 Å². The lowest BCUT2D eigenvalue weighted by molar-refractivity contribution is -0.150. The molecule has 0 fully saturated rings. The van der Waals surface area contributed by atoms with Crippen molar-refractivity contribution in [2.24, 2.45) is 5.41 Å². The Morgan fingerprint density at radius 1 is 1.30 bits per heavy atom. The molecule has 4 heteroatoms. The summed E-state index contributed by atoms with van der Waals surface area (Å²) in [5, 5.41) is 0. The molecule has 2 aliphatic carbocycles. The minimum Gasteiger partial charge on any atom is -0.468 e. The summed E-state index contributed by atoms with van der Waals surface area (Å²) >= 11 is 3.55. The average molecular weight is 335 g/mol. The van der Waals surface area contributed by atoms with Crippen LogP contribution in [0.3, 0.4) is 0 Å². The van der Waals surface area contributed by atoms with Crippen LogP contribution >= 0.6 is 15.9 Å². The number of ketones is 1. The first-order valence-electron chi connectivity index (χ1n) is 6.70. The van der Waals surface area contributed by atoms with Gasteiger partial charge in [0.15, 0.2) is 5.78 Å². The highest BCUT2D eigenvalue weighted by Gasteiger charge is 2.48. The number of esters is 1. The Bertz CT molecular complexity index is 633. The van der Waals surface area contributed by atoms with Crippen LogP contribution in [0.1, 0.15) is 30.4 Å². The summed E-state index contributed by atoms with van der Waals surface area (Å²) in [6, 6.07) is 5.99. The van der Waals surface area contributed by atoms with E-state index in [1.54, 1.807) is 6.08 Å². The lowest BCUT2D eigenvalue weighted by Gasteiger charge is -2.40. The van der Waals surface area contributed by atoms with Crippen molar-refractivity contribution < 1.29 is 14.3 Å². The van der Waals surface area contributed by atoms with Crippen molar-refractivity contribution in [3.63, 3.8) is 0 Å². The third kappa shape index (κ3) is 1.85. The fourth-order valence-electron chi connectivity index (χ4n) is 3.35. The highest BCUT2D eigenvalue weighted by atomic mass is 79.9. The zero-order chi connectivity index (χ0) is 14.3. The smallest absolute Gasteiger partial charge is 0.316 e. The quantitative estimate of drug-likeness (QED) is 0.740. The molecule has 0 spiro atoms. The first-order valence-corrected chi connectivity index (χ1v) is 7.49. The van der Waals surface area contributed by atoms with E-state index in [1.165, 1.54) is 12.7 Å². The van der Waals surface area contributed by atoms with Crippen molar-refractivity contribution in [3.8, 4) is 0 Å². The molecule has 1 unspecified atom stereocenters. The van der Waals surface area contributed by atoms with E-state index in [4.69, 9.17) is 4.74 Å². The summed E-state index contributed by atoms with van der Waals surface area (Å²) in [5.74, 6) is -0.138. The summed E-state index contributed by atoms with van der Waals surface area (Å²) in [5.41, 5.74) is 2.35. The lowest BCUT2D eigenvalue weighted by atomic mass is 9.63. The van der Waals surface area contributed by atoms with Crippen molar-refractivity contribution in [2.45, 2.75) is 25.7 Å². The topological polar surface area (TPSA) is 43.4 Å². The second-order valence-electron chi connectivity index (χ2n) is 5.37. The number of hydrogen-bond acceptors (Lipinski definition) is 3. The van der Waals surface area contributed by atoms with Gasteiger partial charge >= 0.3 is 5.97 Å². The Morgan fingerprint density at radius 3 is 2.80 bits per heavy atom. The third-order valence-corrected chi connectivity index (χ3v) is 5.05. The molecule has 0 aromatic heterocycles. The summed E-state index contributed by atoms with van der Waals surface area (Å²) in [7, 11) is 1.42. The first-order chi connectivity index (χ1) is 9.58. The predicted octanol–water partition coefficient (Wildman–Crippen LogP) is 3.30. The number of methoxy groups -OCH3 is 1. The maximum absolute atomic E-state index is 12.4. The molecule has 20 heavy (non-hydrogen) atoms. The summed E-state index contributed by atoms with van der Waals surface area (Å²) in [4.78, 5) is 24.2. The van der Waals surface area contributed by atoms with E-state index >= 15 is 0 Å². The zero-order valence-corrected chi connectivity index (χ0v) is 12.8. The van der Waals surface area contributed by atoms with Gasteiger partial charge in [0.05, 0.1) is 12.5 Å². The molecule has 0 heterocycles. The number of aryl methyl sites for hydroxylation is 1. The number of fused-ring (bicyclic) bond motifs is 3. The van der Waals surface area contributed by atoms with E-state index in [0.29, 0.717) is 19.3 Å². The number of benzene rings is 1. The van der Waals surface area contributed by atoms with Gasteiger partial charge in [-0.1, -0.05) is 28.1 Å². The van der Waals surface area contributed by atoms with Crippen molar-refractivity contribution in [1.29, 1.82) is 0 Å². The molecule has 3 rings (SSSR count). The molecule has 0 aliphatic heterocycles. The molecule has 0 radical (unpaired) electrons. The van der Waals surface area contributed by atoms with E-state index < -0.39 is 5.41 Å². The van der Waals surface area contributed by atoms with Gasteiger partial charge in [-0.05, 0) is 48.1 Å². The van der Waals surface area contributed by atoms with Crippen LogP contribution in [0.25, 0.3) is 5.57 Å². The first kappa shape index (κ1) is 13.6. The highest BCUT2D eigenvalue weighted by Crippen LogP contribution is 2.52. The second kappa shape index (κ2) is 4.85. The van der Waals surface area contributed by atoms with Crippen LogP contribution in [0.15, 0.2) is 28.7 Å². The molecule has 0 saturated carbocycles. The van der Waals surface area contributed by atoms with Gasteiger partial charge in [-0.3, -0.25) is 9.59 Å². The van der Waals surface area contributed by atoms with Gasteiger partial charge in [-0.25, -0.2) is 0 Å². The maximum atomic E-state index is 12.4. The molecular formula is C16H15BrO3. The summed E-state index contributed by atoms with van der Waals surface area (Å²) in [6.45, 7) is 0. The van der Waals surface area contributed by atoms with Crippen LogP contribution in [-0.2, 0) is 20.7 Å². The van der Waals surface area contributed by atoms with Gasteiger partial charge in [-0.2, -0.15) is 0 Å². The van der Waals surface area contributed by atoms with Gasteiger partial charge in [0.1, 0.15) is 0 Å². The van der Waals surface area contributed by atoms with Crippen LogP contribution < -0.4 is 0 Å². The van der Waals surface area contributed by atoms with Crippen LogP contribution in [0.5, 0.6) is 0 Å². The van der Waals surface area contributed by atoms with Gasteiger partial charge < -0.3 is 4.74 Å². The van der Waals surface area contributed by atoms with Gasteiger partial charge in [0.2, 0.25) is 0 Å². The number of rotatable bonds is 1. The summed E-state index contributed by atoms with van der Waals surface area (Å²) < 4.78 is 5.97. The fourth-order valence-corrected chi connectivity index (χ4v) is 3.97. The van der Waals surface area contributed by atoms with Crippen LogP contribution in [-0.4, -0.2) is 18.9 Å². The molecule has 0 saturated heterocycles. The van der Waals surface area contributed by atoms with Crippen LogP contribution in [0.4, 0.5) is 0 Å². The van der Waals surface area contributed by atoms with Crippen molar-refractivity contribution >= 4 is 33.3 Å². The van der Waals surface area contributed by atoms with Crippen molar-refractivity contribution in [2.75, 3.05) is 7.11 Å². The monoisotopic (exact) mass is 334 g/mol. The molecule has 0 bridgehead atoms. The molecule has 104 valence electrons. The third-order valence-electron chi connectivity index (χ3n) is 4.39. The zero-order valence-electron chi connectivity index (χ0n) is 11.2. The fraction of sp³-hybridized carbons (Fsp3) is 0.375. The Kier molecular flexibility index (Phi) is 3.28. The highest BCUT2D eigenvalue weighted by molar-refractivity contribution is 9.10. The Balaban J connectivity index is 2.25. The summed E-state index contributed by atoms with van der Waals surface area (Å²) in [6.07, 6.45) is 4.14. The standard InChI is InChI=1S/C16H15BrO3/c1-20-15(19)16-7-5-10-3-2-4-13(17)14(10)12(16)9-11(18)6-8-16/h2-4,9H,5-8H2,1H3. The molecule has 3 nitrogen and oxygen atoms in total. The van der Waals surface area contributed by atoms with Crippen LogP contribution in [0, 0.1) is 5.41 Å². The number of allylic oxidation sites excluding steroid dienone is 1. The van der Waals surface area contributed by atoms with Gasteiger partial charge in [0, 0.05) is 10.9 Å². The van der Waals surface area contributed by atoms with E-state index in [0.717, 1.165) is 22.0 Å². The average Bonchev–Trinajstić information content (AvgIpc) is 2.46. The van der Waals surface area contributed by atoms with E-state index in [1.807, 2.05) is 12.1 Å². The molecule has 1 aromatic rings.